The summed E-state index contributed by atoms with van der Waals surface area (Å²) in [4.78, 5) is 20.5. The summed E-state index contributed by atoms with van der Waals surface area (Å²) >= 11 is 1.58. The number of rotatable bonds is 4. The lowest BCUT2D eigenvalue weighted by Crippen LogP contribution is -2.22. The van der Waals surface area contributed by atoms with Gasteiger partial charge in [-0.2, -0.15) is 5.10 Å². The summed E-state index contributed by atoms with van der Waals surface area (Å²) in [6.07, 6.45) is 4.75. The fraction of sp³-hybridized carbons (Fsp3) is 0.0588. The fourth-order valence-electron chi connectivity index (χ4n) is 2.36. The first-order chi connectivity index (χ1) is 11.8. The molecule has 0 spiro atoms. The molecule has 0 aliphatic carbocycles. The van der Waals surface area contributed by atoms with Crippen LogP contribution in [-0.2, 0) is 6.54 Å². The zero-order valence-electron chi connectivity index (χ0n) is 12.6. The van der Waals surface area contributed by atoms with E-state index in [1.807, 2.05) is 41.8 Å². The molecule has 0 bridgehead atoms. The number of nitrogens with zero attached hydrogens (tertiary/aromatic N) is 4. The molecule has 7 heteroatoms. The molecule has 0 saturated heterocycles. The Kier molecular flexibility index (Phi) is 3.76. The lowest BCUT2D eigenvalue weighted by Gasteiger charge is -2.06. The van der Waals surface area contributed by atoms with Crippen LogP contribution >= 0.6 is 11.3 Å². The van der Waals surface area contributed by atoms with E-state index >= 15 is 0 Å². The van der Waals surface area contributed by atoms with Gasteiger partial charge in [0.25, 0.3) is 5.91 Å². The van der Waals surface area contributed by atoms with E-state index in [4.69, 9.17) is 0 Å². The third kappa shape index (κ3) is 2.89. The maximum absolute atomic E-state index is 12.3. The molecule has 118 valence electrons. The summed E-state index contributed by atoms with van der Waals surface area (Å²) in [5.41, 5.74) is 3.43. The number of pyridine rings is 1. The van der Waals surface area contributed by atoms with Crippen LogP contribution in [0.15, 0.2) is 60.6 Å². The molecule has 0 saturated carbocycles. The lowest BCUT2D eigenvalue weighted by molar-refractivity contribution is 0.0950. The molecule has 3 aromatic heterocycles. The second-order valence-corrected chi connectivity index (χ2v) is 6.16. The Hall–Kier alpha value is -3.06. The number of hydrogen-bond acceptors (Lipinski definition) is 5. The molecule has 0 unspecified atom stereocenters. The molecular weight excluding hydrogens is 322 g/mol. The smallest absolute Gasteiger partial charge is 0.253 e. The van der Waals surface area contributed by atoms with E-state index in [1.165, 1.54) is 6.33 Å². The summed E-state index contributed by atoms with van der Waals surface area (Å²) in [7, 11) is 0. The van der Waals surface area contributed by atoms with Crippen molar-refractivity contribution in [2.45, 2.75) is 6.54 Å². The van der Waals surface area contributed by atoms with Gasteiger partial charge in [-0.05, 0) is 35.2 Å². The topological polar surface area (TPSA) is 72.7 Å². The first kappa shape index (κ1) is 14.5. The number of amides is 1. The van der Waals surface area contributed by atoms with Gasteiger partial charge in [0.2, 0.25) is 0 Å². The highest BCUT2D eigenvalue weighted by Crippen LogP contribution is 2.19. The Morgan fingerprint density at radius 2 is 2.08 bits per heavy atom. The summed E-state index contributed by atoms with van der Waals surface area (Å²) in [5, 5.41) is 8.97. The van der Waals surface area contributed by atoms with Gasteiger partial charge in [-0.15, -0.1) is 11.3 Å². The van der Waals surface area contributed by atoms with Gasteiger partial charge in [-0.1, -0.05) is 12.1 Å². The summed E-state index contributed by atoms with van der Waals surface area (Å²) in [6.45, 7) is 0.457. The van der Waals surface area contributed by atoms with Crippen LogP contribution in [-0.4, -0.2) is 25.7 Å². The molecule has 1 N–H and O–H groups in total. The van der Waals surface area contributed by atoms with Gasteiger partial charge < -0.3 is 5.32 Å². The largest absolute Gasteiger partial charge is 0.348 e. The van der Waals surface area contributed by atoms with Crippen molar-refractivity contribution in [2.24, 2.45) is 0 Å². The summed E-state index contributed by atoms with van der Waals surface area (Å²) < 4.78 is 2.70. The van der Waals surface area contributed by atoms with Crippen molar-refractivity contribution in [3.05, 3.63) is 71.8 Å². The van der Waals surface area contributed by atoms with E-state index in [1.54, 1.807) is 28.5 Å². The third-order valence-electron chi connectivity index (χ3n) is 3.64. The van der Waals surface area contributed by atoms with Gasteiger partial charge >= 0.3 is 0 Å². The Morgan fingerprint density at radius 1 is 1.21 bits per heavy atom. The standard InChI is InChI=1S/C17H13N5OS/c23-17(13-7-16-15(19-9-13)5-6-24-16)20-8-12-1-3-14(4-2-12)22-11-18-10-21-22/h1-7,9-11H,8H2,(H,20,23). The Bertz CT molecular complexity index is 976. The molecular formula is C17H13N5OS. The average molecular weight is 335 g/mol. The molecule has 1 aromatic carbocycles. The van der Waals surface area contributed by atoms with Crippen molar-refractivity contribution in [3.63, 3.8) is 0 Å². The molecule has 4 aromatic rings. The number of carbonyl (C=O) groups excluding carboxylic acids is 1. The molecule has 0 fully saturated rings. The number of hydrogen-bond donors (Lipinski definition) is 1. The predicted octanol–water partition coefficient (Wildman–Crippen LogP) is 2.81. The predicted molar refractivity (Wildman–Crippen MR) is 92.1 cm³/mol. The van der Waals surface area contributed by atoms with Crippen molar-refractivity contribution >= 4 is 27.5 Å². The van der Waals surface area contributed by atoms with E-state index in [0.717, 1.165) is 21.5 Å². The molecule has 0 radical (unpaired) electrons. The minimum atomic E-state index is -0.127. The molecule has 0 aliphatic rings. The van der Waals surface area contributed by atoms with Crippen LogP contribution in [0.4, 0.5) is 0 Å². The molecule has 1 amide bonds. The lowest BCUT2D eigenvalue weighted by atomic mass is 10.2. The third-order valence-corrected chi connectivity index (χ3v) is 4.49. The number of benzene rings is 1. The number of thiophene rings is 1. The number of aromatic nitrogens is 4. The number of fused-ring (bicyclic) bond motifs is 1. The molecule has 4 rings (SSSR count). The van der Waals surface area contributed by atoms with Crippen LogP contribution in [0, 0.1) is 0 Å². The van der Waals surface area contributed by atoms with E-state index in [0.29, 0.717) is 12.1 Å². The maximum atomic E-state index is 12.3. The first-order valence-electron chi connectivity index (χ1n) is 7.35. The SMILES string of the molecule is O=C(NCc1ccc(-n2cncn2)cc1)c1cnc2ccsc2c1. The Balaban J connectivity index is 1.43. The van der Waals surface area contributed by atoms with Crippen molar-refractivity contribution in [2.75, 3.05) is 0 Å². The molecule has 0 atom stereocenters. The summed E-state index contributed by atoms with van der Waals surface area (Å²) in [6, 6.07) is 11.6. The van der Waals surface area contributed by atoms with Crippen LogP contribution in [0.1, 0.15) is 15.9 Å². The van der Waals surface area contributed by atoms with Crippen LogP contribution in [0.3, 0.4) is 0 Å². The van der Waals surface area contributed by atoms with Gasteiger partial charge in [-0.3, -0.25) is 9.78 Å². The van der Waals surface area contributed by atoms with Gasteiger partial charge in [0.1, 0.15) is 12.7 Å². The van der Waals surface area contributed by atoms with E-state index in [9.17, 15) is 4.79 Å². The van der Waals surface area contributed by atoms with E-state index in [-0.39, 0.29) is 5.91 Å². The molecule has 3 heterocycles. The minimum absolute atomic E-state index is 0.127. The van der Waals surface area contributed by atoms with Crippen molar-refractivity contribution < 1.29 is 4.79 Å². The first-order valence-corrected chi connectivity index (χ1v) is 8.23. The monoisotopic (exact) mass is 335 g/mol. The quantitative estimate of drug-likeness (QED) is 0.622. The molecule has 6 nitrogen and oxygen atoms in total. The van der Waals surface area contributed by atoms with Crippen LogP contribution in [0.25, 0.3) is 15.9 Å². The maximum Gasteiger partial charge on any atom is 0.253 e. The number of carbonyl (C=O) groups is 1. The van der Waals surface area contributed by atoms with Crippen molar-refractivity contribution in [3.8, 4) is 5.69 Å². The Morgan fingerprint density at radius 3 is 2.88 bits per heavy atom. The second kappa shape index (κ2) is 6.21. The Labute approximate surface area is 141 Å². The highest BCUT2D eigenvalue weighted by Gasteiger charge is 2.08. The average Bonchev–Trinajstić information content (AvgIpc) is 3.30. The van der Waals surface area contributed by atoms with Gasteiger partial charge in [0.05, 0.1) is 21.5 Å². The highest BCUT2D eigenvalue weighted by molar-refractivity contribution is 7.17. The van der Waals surface area contributed by atoms with Gasteiger partial charge in [0, 0.05) is 12.7 Å². The van der Waals surface area contributed by atoms with E-state index in [2.05, 4.69) is 20.4 Å². The zero-order valence-corrected chi connectivity index (χ0v) is 13.4. The normalized spacial score (nSPS) is 10.8. The second-order valence-electron chi connectivity index (χ2n) is 5.22. The van der Waals surface area contributed by atoms with Crippen LogP contribution < -0.4 is 5.32 Å². The zero-order chi connectivity index (χ0) is 16.4. The van der Waals surface area contributed by atoms with E-state index < -0.39 is 0 Å². The summed E-state index contributed by atoms with van der Waals surface area (Å²) in [5.74, 6) is -0.127. The number of nitrogens with one attached hydrogen (secondary N) is 1. The minimum Gasteiger partial charge on any atom is -0.348 e. The molecule has 0 aliphatic heterocycles. The van der Waals surface area contributed by atoms with Crippen LogP contribution in [0.2, 0.25) is 0 Å². The molecule has 24 heavy (non-hydrogen) atoms. The highest BCUT2D eigenvalue weighted by atomic mass is 32.1. The van der Waals surface area contributed by atoms with Crippen molar-refractivity contribution in [1.82, 2.24) is 25.1 Å². The van der Waals surface area contributed by atoms with Gasteiger partial charge in [-0.25, -0.2) is 9.67 Å². The van der Waals surface area contributed by atoms with Crippen molar-refractivity contribution in [1.29, 1.82) is 0 Å². The van der Waals surface area contributed by atoms with Gasteiger partial charge in [0.15, 0.2) is 0 Å². The van der Waals surface area contributed by atoms with Crippen LogP contribution in [0.5, 0.6) is 0 Å². The fourth-order valence-corrected chi connectivity index (χ4v) is 3.14.